The summed E-state index contributed by atoms with van der Waals surface area (Å²) in [6, 6.07) is 3.25. The molecule has 1 aromatic rings. The van der Waals surface area contributed by atoms with Crippen molar-refractivity contribution < 1.29 is 14.3 Å². The van der Waals surface area contributed by atoms with Crippen LogP contribution in [0.3, 0.4) is 0 Å². The van der Waals surface area contributed by atoms with Crippen molar-refractivity contribution in [2.24, 2.45) is 5.92 Å². The van der Waals surface area contributed by atoms with Gasteiger partial charge in [-0.25, -0.2) is 0 Å². The summed E-state index contributed by atoms with van der Waals surface area (Å²) in [6.45, 7) is 2.15. The Morgan fingerprint density at radius 2 is 2.05 bits per heavy atom. The number of hydrogen-bond donors (Lipinski definition) is 0. The summed E-state index contributed by atoms with van der Waals surface area (Å²) in [7, 11) is 1.43. The zero-order valence-electron chi connectivity index (χ0n) is 12.0. The lowest BCUT2D eigenvalue weighted by Gasteiger charge is -2.26. The molecule has 0 N–H and O–H groups in total. The van der Waals surface area contributed by atoms with E-state index >= 15 is 0 Å². The van der Waals surface area contributed by atoms with E-state index in [0.717, 1.165) is 25.7 Å². The van der Waals surface area contributed by atoms with E-state index in [1.54, 1.807) is 18.3 Å². The van der Waals surface area contributed by atoms with Crippen molar-refractivity contribution in [2.75, 3.05) is 7.11 Å². The number of aromatic nitrogens is 1. The lowest BCUT2D eigenvalue weighted by molar-refractivity contribution is -0.151. The third-order valence-electron chi connectivity index (χ3n) is 3.77. The first-order chi connectivity index (χ1) is 9.60. The quantitative estimate of drug-likeness (QED) is 0.791. The second kappa shape index (κ2) is 6.59. The molecule has 20 heavy (non-hydrogen) atoms. The largest absolute Gasteiger partial charge is 0.491 e. The molecule has 0 radical (unpaired) electrons. The number of ether oxygens (including phenoxy) is 2. The molecular weight excluding hydrogens is 258 g/mol. The highest BCUT2D eigenvalue weighted by Crippen LogP contribution is 2.25. The van der Waals surface area contributed by atoms with Gasteiger partial charge >= 0.3 is 5.97 Å². The van der Waals surface area contributed by atoms with Gasteiger partial charge in [0.25, 0.3) is 5.56 Å². The summed E-state index contributed by atoms with van der Waals surface area (Å²) in [5.41, 5.74) is -0.316. The SMILES string of the molecule is COc1cccn(CC(=O)OC2CCC(C)CC2)c1=O. The Morgan fingerprint density at radius 3 is 2.70 bits per heavy atom. The first kappa shape index (κ1) is 14.6. The molecule has 5 heteroatoms. The summed E-state index contributed by atoms with van der Waals surface area (Å²) in [4.78, 5) is 23.8. The van der Waals surface area contributed by atoms with Crippen LogP contribution in [-0.2, 0) is 16.1 Å². The molecule has 110 valence electrons. The van der Waals surface area contributed by atoms with Crippen LogP contribution in [0, 0.1) is 5.92 Å². The van der Waals surface area contributed by atoms with Crippen LogP contribution in [0.5, 0.6) is 5.75 Å². The monoisotopic (exact) mass is 279 g/mol. The lowest BCUT2D eigenvalue weighted by atomic mass is 9.89. The van der Waals surface area contributed by atoms with Gasteiger partial charge in [-0.3, -0.25) is 9.59 Å². The van der Waals surface area contributed by atoms with Crippen LogP contribution in [-0.4, -0.2) is 23.8 Å². The van der Waals surface area contributed by atoms with Crippen molar-refractivity contribution in [1.82, 2.24) is 4.57 Å². The number of hydrogen-bond acceptors (Lipinski definition) is 4. The molecule has 0 amide bonds. The van der Waals surface area contributed by atoms with E-state index in [2.05, 4.69) is 6.92 Å². The molecule has 0 aliphatic heterocycles. The summed E-state index contributed by atoms with van der Waals surface area (Å²) in [5, 5.41) is 0. The van der Waals surface area contributed by atoms with Crippen LogP contribution in [0.15, 0.2) is 23.1 Å². The Hall–Kier alpha value is -1.78. The van der Waals surface area contributed by atoms with Crippen LogP contribution in [0.1, 0.15) is 32.6 Å². The predicted molar refractivity (Wildman–Crippen MR) is 74.8 cm³/mol. The number of esters is 1. The number of methoxy groups -OCH3 is 1. The third-order valence-corrected chi connectivity index (χ3v) is 3.77. The highest BCUT2D eigenvalue weighted by Gasteiger charge is 2.21. The molecule has 1 aliphatic carbocycles. The second-order valence-electron chi connectivity index (χ2n) is 5.38. The van der Waals surface area contributed by atoms with Gasteiger partial charge in [-0.1, -0.05) is 6.92 Å². The molecule has 1 aliphatic rings. The van der Waals surface area contributed by atoms with E-state index in [-0.39, 0.29) is 29.9 Å². The van der Waals surface area contributed by atoms with E-state index in [1.807, 2.05) is 0 Å². The maximum absolute atomic E-state index is 11.9. The van der Waals surface area contributed by atoms with Crippen molar-refractivity contribution in [3.63, 3.8) is 0 Å². The molecule has 0 unspecified atom stereocenters. The van der Waals surface area contributed by atoms with Gasteiger partial charge in [0, 0.05) is 6.20 Å². The predicted octanol–water partition coefficient (Wildman–Crippen LogP) is 1.98. The molecule has 2 rings (SSSR count). The molecule has 1 aromatic heterocycles. The van der Waals surface area contributed by atoms with Gasteiger partial charge in [0.05, 0.1) is 7.11 Å². The van der Waals surface area contributed by atoms with Crippen molar-refractivity contribution in [2.45, 2.75) is 45.3 Å². The summed E-state index contributed by atoms with van der Waals surface area (Å²) < 4.78 is 11.7. The molecular formula is C15H21NO4. The fraction of sp³-hybridized carbons (Fsp3) is 0.600. The number of pyridine rings is 1. The summed E-state index contributed by atoms with van der Waals surface area (Å²) in [6.07, 6.45) is 5.59. The number of carbonyl (C=O) groups excluding carboxylic acids is 1. The number of nitrogens with zero attached hydrogens (tertiary/aromatic N) is 1. The topological polar surface area (TPSA) is 57.5 Å². The molecule has 0 atom stereocenters. The summed E-state index contributed by atoms with van der Waals surface area (Å²) >= 11 is 0. The van der Waals surface area contributed by atoms with Gasteiger partial charge in [0.15, 0.2) is 5.75 Å². The van der Waals surface area contributed by atoms with Crippen LogP contribution in [0.25, 0.3) is 0 Å². The van der Waals surface area contributed by atoms with E-state index in [0.29, 0.717) is 5.92 Å². The van der Waals surface area contributed by atoms with E-state index in [1.165, 1.54) is 11.7 Å². The van der Waals surface area contributed by atoms with E-state index in [9.17, 15) is 9.59 Å². The third kappa shape index (κ3) is 3.62. The minimum Gasteiger partial charge on any atom is -0.491 e. The van der Waals surface area contributed by atoms with Crippen molar-refractivity contribution in [1.29, 1.82) is 0 Å². The minimum absolute atomic E-state index is 0.00000911. The normalized spacial score (nSPS) is 22.3. The van der Waals surface area contributed by atoms with Gasteiger partial charge in [-0.05, 0) is 43.7 Å². The Labute approximate surface area is 118 Å². The average Bonchev–Trinajstić information content (AvgIpc) is 2.44. The molecule has 1 saturated carbocycles. The Morgan fingerprint density at radius 1 is 1.35 bits per heavy atom. The van der Waals surface area contributed by atoms with Crippen LogP contribution >= 0.6 is 0 Å². The molecule has 5 nitrogen and oxygen atoms in total. The minimum atomic E-state index is -0.361. The maximum atomic E-state index is 11.9. The molecule has 0 spiro atoms. The Kier molecular flexibility index (Phi) is 4.82. The molecule has 0 saturated heterocycles. The van der Waals surface area contributed by atoms with E-state index < -0.39 is 0 Å². The first-order valence-electron chi connectivity index (χ1n) is 7.03. The number of rotatable bonds is 4. The first-order valence-corrected chi connectivity index (χ1v) is 7.03. The van der Waals surface area contributed by atoms with Crippen LogP contribution in [0.2, 0.25) is 0 Å². The fourth-order valence-corrected chi connectivity index (χ4v) is 2.50. The van der Waals surface area contributed by atoms with Crippen molar-refractivity contribution in [3.8, 4) is 5.75 Å². The summed E-state index contributed by atoms with van der Waals surface area (Å²) in [5.74, 6) is 0.581. The lowest BCUT2D eigenvalue weighted by Crippen LogP contribution is -2.29. The Balaban J connectivity index is 1.93. The zero-order chi connectivity index (χ0) is 14.5. The van der Waals surface area contributed by atoms with E-state index in [4.69, 9.17) is 9.47 Å². The zero-order valence-corrected chi connectivity index (χ0v) is 12.0. The number of carbonyl (C=O) groups is 1. The molecule has 0 aromatic carbocycles. The van der Waals surface area contributed by atoms with Crippen molar-refractivity contribution >= 4 is 5.97 Å². The molecule has 1 heterocycles. The van der Waals surface area contributed by atoms with Gasteiger partial charge in [0.1, 0.15) is 12.6 Å². The maximum Gasteiger partial charge on any atom is 0.326 e. The van der Waals surface area contributed by atoms with Crippen LogP contribution < -0.4 is 10.3 Å². The van der Waals surface area contributed by atoms with Gasteiger partial charge < -0.3 is 14.0 Å². The molecule has 0 bridgehead atoms. The smallest absolute Gasteiger partial charge is 0.326 e. The standard InChI is InChI=1S/C15H21NO4/c1-11-5-7-12(8-6-11)20-14(17)10-16-9-3-4-13(19-2)15(16)18/h3-4,9,11-12H,5-8,10H2,1-2H3. The van der Waals surface area contributed by atoms with Crippen molar-refractivity contribution in [3.05, 3.63) is 28.7 Å². The van der Waals surface area contributed by atoms with Gasteiger partial charge in [-0.15, -0.1) is 0 Å². The fourth-order valence-electron chi connectivity index (χ4n) is 2.50. The van der Waals surface area contributed by atoms with Gasteiger partial charge in [-0.2, -0.15) is 0 Å². The molecule has 1 fully saturated rings. The second-order valence-corrected chi connectivity index (χ2v) is 5.38. The van der Waals surface area contributed by atoms with Crippen LogP contribution in [0.4, 0.5) is 0 Å². The highest BCUT2D eigenvalue weighted by molar-refractivity contribution is 5.69. The Bertz CT molecular complexity index is 515. The average molecular weight is 279 g/mol. The van der Waals surface area contributed by atoms with Gasteiger partial charge in [0.2, 0.25) is 0 Å². The highest BCUT2D eigenvalue weighted by atomic mass is 16.5.